The van der Waals surface area contributed by atoms with Crippen LogP contribution in [0.3, 0.4) is 0 Å². The second kappa shape index (κ2) is 7.12. The average molecular weight is 408 g/mol. The lowest BCUT2D eigenvalue weighted by Crippen LogP contribution is -2.45. The highest BCUT2D eigenvalue weighted by Crippen LogP contribution is 2.40. The molecular formula is C20H16N4O4S. The first-order valence-corrected chi connectivity index (χ1v) is 10.2. The van der Waals surface area contributed by atoms with Gasteiger partial charge in [0.25, 0.3) is 11.8 Å². The number of rotatable bonds is 3. The van der Waals surface area contributed by atoms with Gasteiger partial charge < -0.3 is 5.32 Å². The van der Waals surface area contributed by atoms with E-state index < -0.39 is 27.9 Å². The first kappa shape index (κ1) is 18.8. The van der Waals surface area contributed by atoms with E-state index in [9.17, 15) is 18.0 Å². The van der Waals surface area contributed by atoms with Gasteiger partial charge in [-0.1, -0.05) is 30.3 Å². The largest absolute Gasteiger partial charge is 0.322 e. The van der Waals surface area contributed by atoms with Crippen LogP contribution in [-0.2, 0) is 14.8 Å². The van der Waals surface area contributed by atoms with Crippen molar-refractivity contribution >= 4 is 33.2 Å². The van der Waals surface area contributed by atoms with Crippen molar-refractivity contribution in [2.45, 2.75) is 10.9 Å². The SMILES string of the molecule is NS(=O)(=O)c1ccc2c(c1)NC(=O)C(c1ccccc1)N2C(=O)c1ccncc1. The van der Waals surface area contributed by atoms with Crippen molar-refractivity contribution in [3.05, 3.63) is 84.2 Å². The lowest BCUT2D eigenvalue weighted by Gasteiger charge is -2.37. The van der Waals surface area contributed by atoms with Gasteiger partial charge in [0, 0.05) is 18.0 Å². The number of nitrogens with two attached hydrogens (primary N) is 1. The molecule has 8 nitrogen and oxygen atoms in total. The van der Waals surface area contributed by atoms with Crippen LogP contribution >= 0.6 is 0 Å². The number of sulfonamides is 1. The van der Waals surface area contributed by atoms with Crippen LogP contribution in [-0.4, -0.2) is 25.2 Å². The zero-order valence-corrected chi connectivity index (χ0v) is 15.8. The molecule has 3 aromatic rings. The molecule has 2 aromatic carbocycles. The summed E-state index contributed by atoms with van der Waals surface area (Å²) in [6, 6.07) is 15.1. The first-order chi connectivity index (χ1) is 13.9. The van der Waals surface area contributed by atoms with Gasteiger partial charge in [-0.3, -0.25) is 19.5 Å². The Hall–Kier alpha value is -3.56. The molecule has 9 heteroatoms. The van der Waals surface area contributed by atoms with Crippen molar-refractivity contribution in [1.29, 1.82) is 0 Å². The number of primary sulfonamides is 1. The number of hydrogen-bond donors (Lipinski definition) is 2. The van der Waals surface area contributed by atoms with Crippen molar-refractivity contribution < 1.29 is 18.0 Å². The minimum atomic E-state index is -3.97. The minimum absolute atomic E-state index is 0.161. The van der Waals surface area contributed by atoms with Crippen LogP contribution < -0.4 is 15.4 Å². The van der Waals surface area contributed by atoms with Gasteiger partial charge in [-0.15, -0.1) is 0 Å². The topological polar surface area (TPSA) is 122 Å². The molecule has 0 saturated carbocycles. The molecule has 146 valence electrons. The van der Waals surface area contributed by atoms with E-state index in [1.807, 2.05) is 6.07 Å². The number of nitrogens with one attached hydrogen (secondary N) is 1. The zero-order chi connectivity index (χ0) is 20.6. The van der Waals surface area contributed by atoms with E-state index in [2.05, 4.69) is 10.3 Å². The number of anilines is 2. The summed E-state index contributed by atoms with van der Waals surface area (Å²) in [5.41, 5.74) is 1.52. The molecular weight excluding hydrogens is 392 g/mol. The lowest BCUT2D eigenvalue weighted by molar-refractivity contribution is -0.117. The van der Waals surface area contributed by atoms with Gasteiger partial charge in [0.05, 0.1) is 16.3 Å². The van der Waals surface area contributed by atoms with Crippen LogP contribution in [0.4, 0.5) is 11.4 Å². The van der Waals surface area contributed by atoms with Gasteiger partial charge in [0.2, 0.25) is 10.0 Å². The van der Waals surface area contributed by atoms with Crippen LogP contribution in [0.5, 0.6) is 0 Å². The van der Waals surface area contributed by atoms with Crippen molar-refractivity contribution in [1.82, 2.24) is 4.98 Å². The normalized spacial score (nSPS) is 16.1. The average Bonchev–Trinajstić information content (AvgIpc) is 2.72. The van der Waals surface area contributed by atoms with E-state index in [1.165, 1.54) is 35.5 Å². The fourth-order valence-electron chi connectivity index (χ4n) is 3.26. The highest BCUT2D eigenvalue weighted by atomic mass is 32.2. The Morgan fingerprint density at radius 2 is 1.72 bits per heavy atom. The van der Waals surface area contributed by atoms with Crippen LogP contribution in [0.25, 0.3) is 0 Å². The van der Waals surface area contributed by atoms with Gasteiger partial charge in [0.15, 0.2) is 0 Å². The summed E-state index contributed by atoms with van der Waals surface area (Å²) >= 11 is 0. The molecule has 0 saturated heterocycles. The zero-order valence-electron chi connectivity index (χ0n) is 15.0. The van der Waals surface area contributed by atoms with Gasteiger partial charge in [-0.25, -0.2) is 13.6 Å². The van der Waals surface area contributed by atoms with Crippen LogP contribution in [0.2, 0.25) is 0 Å². The van der Waals surface area contributed by atoms with Gasteiger partial charge >= 0.3 is 0 Å². The predicted octanol–water partition coefficient (Wildman–Crippen LogP) is 2.07. The molecule has 0 radical (unpaired) electrons. The Morgan fingerprint density at radius 1 is 1.03 bits per heavy atom. The number of carbonyl (C=O) groups excluding carboxylic acids is 2. The Bertz CT molecular complexity index is 1200. The third kappa shape index (κ3) is 3.48. The maximum absolute atomic E-state index is 13.3. The van der Waals surface area contributed by atoms with E-state index in [0.29, 0.717) is 16.8 Å². The van der Waals surface area contributed by atoms with Crippen LogP contribution in [0.1, 0.15) is 22.0 Å². The lowest BCUT2D eigenvalue weighted by atomic mass is 9.99. The molecule has 29 heavy (non-hydrogen) atoms. The standard InChI is InChI=1S/C20H16N4O4S/c21-29(27,28)15-6-7-17-16(12-15)23-19(25)18(13-4-2-1-3-5-13)24(17)20(26)14-8-10-22-11-9-14/h1-12,18H,(H,23,25)(H2,21,27,28). The molecule has 1 atom stereocenters. The predicted molar refractivity (Wildman–Crippen MR) is 107 cm³/mol. The smallest absolute Gasteiger partial charge is 0.259 e. The monoisotopic (exact) mass is 408 g/mol. The van der Waals surface area contributed by atoms with Crippen LogP contribution in [0, 0.1) is 0 Å². The fourth-order valence-corrected chi connectivity index (χ4v) is 3.80. The summed E-state index contributed by atoms with van der Waals surface area (Å²) in [6.07, 6.45) is 2.97. The summed E-state index contributed by atoms with van der Waals surface area (Å²) in [6.45, 7) is 0. The summed E-state index contributed by atoms with van der Waals surface area (Å²) in [5.74, 6) is -0.876. The van der Waals surface area contributed by atoms with E-state index >= 15 is 0 Å². The van der Waals surface area contributed by atoms with Gasteiger partial charge in [0.1, 0.15) is 6.04 Å². The fraction of sp³-hybridized carbons (Fsp3) is 0.0500. The molecule has 1 aromatic heterocycles. The van der Waals surface area contributed by atoms with E-state index in [0.717, 1.165) is 0 Å². The van der Waals surface area contributed by atoms with Crippen LogP contribution in [0.15, 0.2) is 78.0 Å². The number of amides is 2. The molecule has 0 bridgehead atoms. The highest BCUT2D eigenvalue weighted by molar-refractivity contribution is 7.89. The number of fused-ring (bicyclic) bond motifs is 1. The second-order valence-electron chi connectivity index (χ2n) is 6.44. The maximum atomic E-state index is 13.3. The molecule has 2 amide bonds. The number of hydrogen-bond acceptors (Lipinski definition) is 5. The number of carbonyl (C=O) groups is 2. The third-order valence-electron chi connectivity index (χ3n) is 4.58. The summed E-state index contributed by atoms with van der Waals surface area (Å²) < 4.78 is 23.4. The second-order valence-corrected chi connectivity index (χ2v) is 8.00. The quantitative estimate of drug-likeness (QED) is 0.687. The van der Waals surface area contributed by atoms with Gasteiger partial charge in [-0.05, 0) is 35.9 Å². The number of pyridine rings is 1. The highest BCUT2D eigenvalue weighted by Gasteiger charge is 2.38. The Labute approximate surface area is 167 Å². The number of aromatic nitrogens is 1. The minimum Gasteiger partial charge on any atom is -0.322 e. The molecule has 0 aliphatic carbocycles. The summed E-state index contributed by atoms with van der Waals surface area (Å²) in [7, 11) is -3.97. The summed E-state index contributed by atoms with van der Waals surface area (Å²) in [5, 5.41) is 7.89. The maximum Gasteiger partial charge on any atom is 0.259 e. The first-order valence-electron chi connectivity index (χ1n) is 8.62. The van der Waals surface area contributed by atoms with E-state index in [-0.39, 0.29) is 10.6 Å². The number of benzene rings is 2. The molecule has 4 rings (SSSR count). The number of nitrogens with zero attached hydrogens (tertiary/aromatic N) is 2. The Morgan fingerprint density at radius 3 is 2.38 bits per heavy atom. The van der Waals surface area contributed by atoms with Crippen molar-refractivity contribution in [3.8, 4) is 0 Å². The van der Waals surface area contributed by atoms with Crippen molar-refractivity contribution in [3.63, 3.8) is 0 Å². The Balaban J connectivity index is 1.90. The molecule has 0 fully saturated rings. The molecule has 1 unspecified atom stereocenters. The molecule has 1 aliphatic rings. The molecule has 2 heterocycles. The van der Waals surface area contributed by atoms with Crippen molar-refractivity contribution in [2.24, 2.45) is 5.14 Å². The van der Waals surface area contributed by atoms with E-state index in [1.54, 1.807) is 36.4 Å². The third-order valence-corrected chi connectivity index (χ3v) is 5.49. The van der Waals surface area contributed by atoms with E-state index in [4.69, 9.17) is 5.14 Å². The van der Waals surface area contributed by atoms with Crippen molar-refractivity contribution in [2.75, 3.05) is 10.2 Å². The Kier molecular flexibility index (Phi) is 4.61. The molecule has 1 aliphatic heterocycles. The summed E-state index contributed by atoms with van der Waals surface area (Å²) in [4.78, 5) is 31.4. The molecule has 0 spiro atoms. The van der Waals surface area contributed by atoms with Gasteiger partial charge in [-0.2, -0.15) is 0 Å². The molecule has 3 N–H and O–H groups in total.